The first-order chi connectivity index (χ1) is 12.0. The van der Waals surface area contributed by atoms with Gasteiger partial charge in [0.15, 0.2) is 5.82 Å². The van der Waals surface area contributed by atoms with Crippen LogP contribution in [0.1, 0.15) is 23.7 Å². The predicted molar refractivity (Wildman–Crippen MR) is 97.0 cm³/mol. The Bertz CT molecular complexity index is 754. The number of rotatable bonds is 7. The van der Waals surface area contributed by atoms with Gasteiger partial charge in [-0.05, 0) is 30.0 Å². The topological polar surface area (TPSA) is 58.2 Å². The highest BCUT2D eigenvalue weighted by atomic mass is 32.2. The van der Waals surface area contributed by atoms with E-state index in [0.717, 1.165) is 17.9 Å². The van der Waals surface area contributed by atoms with Crippen molar-refractivity contribution in [1.29, 1.82) is 0 Å². The van der Waals surface area contributed by atoms with Gasteiger partial charge in [-0.3, -0.25) is 9.59 Å². The van der Waals surface area contributed by atoms with Crippen molar-refractivity contribution in [3.8, 4) is 0 Å². The number of thioether (sulfide) groups is 1. The average Bonchev–Trinajstić information content (AvgIpc) is 2.62. The fourth-order valence-corrected chi connectivity index (χ4v) is 2.68. The molecule has 2 amide bonds. The highest BCUT2D eigenvalue weighted by Crippen LogP contribution is 2.26. The van der Waals surface area contributed by atoms with Gasteiger partial charge in [-0.2, -0.15) is 11.8 Å². The van der Waals surface area contributed by atoms with Gasteiger partial charge in [0.2, 0.25) is 5.91 Å². The van der Waals surface area contributed by atoms with Gasteiger partial charge < -0.3 is 10.6 Å². The molecule has 2 N–H and O–H groups in total. The van der Waals surface area contributed by atoms with Crippen molar-refractivity contribution in [2.45, 2.75) is 13.3 Å². The third kappa shape index (κ3) is 5.29. The van der Waals surface area contributed by atoms with Crippen LogP contribution in [0.15, 0.2) is 42.5 Å². The molecule has 0 bridgehead atoms. The number of amides is 2. The van der Waals surface area contributed by atoms with E-state index in [9.17, 15) is 18.4 Å². The van der Waals surface area contributed by atoms with Crippen LogP contribution in [0.2, 0.25) is 0 Å². The summed E-state index contributed by atoms with van der Waals surface area (Å²) < 4.78 is 28.4. The van der Waals surface area contributed by atoms with Gasteiger partial charge in [-0.15, -0.1) is 0 Å². The van der Waals surface area contributed by atoms with Crippen LogP contribution in [0, 0.1) is 11.6 Å². The lowest BCUT2D eigenvalue weighted by Crippen LogP contribution is -2.17. The van der Waals surface area contributed by atoms with Gasteiger partial charge in [0, 0.05) is 17.7 Å². The molecule has 0 saturated carbocycles. The average molecular weight is 364 g/mol. The van der Waals surface area contributed by atoms with E-state index in [2.05, 4.69) is 10.6 Å². The number of hydrogen-bond acceptors (Lipinski definition) is 3. The molecule has 4 nitrogen and oxygen atoms in total. The summed E-state index contributed by atoms with van der Waals surface area (Å²) in [6.07, 6.45) is 0.151. The third-order valence-electron chi connectivity index (χ3n) is 3.32. The minimum atomic E-state index is -1.01. The molecule has 7 heteroatoms. The Morgan fingerprint density at radius 2 is 1.76 bits per heavy atom. The minimum absolute atomic E-state index is 0.151. The zero-order valence-corrected chi connectivity index (χ0v) is 14.5. The second-order valence-electron chi connectivity index (χ2n) is 5.10. The van der Waals surface area contributed by atoms with Crippen LogP contribution in [-0.4, -0.2) is 23.3 Å². The van der Waals surface area contributed by atoms with Crippen LogP contribution in [0.3, 0.4) is 0 Å². The van der Waals surface area contributed by atoms with Crippen molar-refractivity contribution < 1.29 is 18.4 Å². The highest BCUT2D eigenvalue weighted by molar-refractivity contribution is 7.99. The van der Waals surface area contributed by atoms with Gasteiger partial charge in [-0.25, -0.2) is 8.78 Å². The number of carbonyl (C=O) groups is 2. The quantitative estimate of drug-likeness (QED) is 0.720. The van der Waals surface area contributed by atoms with Crippen LogP contribution in [0.5, 0.6) is 0 Å². The van der Waals surface area contributed by atoms with Crippen molar-refractivity contribution in [3.63, 3.8) is 0 Å². The van der Waals surface area contributed by atoms with Gasteiger partial charge in [0.05, 0.1) is 5.69 Å². The van der Waals surface area contributed by atoms with Crippen LogP contribution < -0.4 is 10.6 Å². The second kappa shape index (κ2) is 9.17. The molecule has 0 fully saturated rings. The monoisotopic (exact) mass is 364 g/mol. The van der Waals surface area contributed by atoms with E-state index in [1.165, 1.54) is 0 Å². The molecule has 2 aromatic carbocycles. The first-order valence-electron chi connectivity index (χ1n) is 7.75. The lowest BCUT2D eigenvalue weighted by atomic mass is 10.2. The summed E-state index contributed by atoms with van der Waals surface area (Å²) in [5.41, 5.74) is -0.417. The maximum Gasteiger partial charge on any atom is 0.255 e. The molecule has 0 aliphatic carbocycles. The molecule has 0 heterocycles. The lowest BCUT2D eigenvalue weighted by Gasteiger charge is -2.12. The number of carbonyl (C=O) groups excluding carboxylic acids is 2. The van der Waals surface area contributed by atoms with Gasteiger partial charge in [0.1, 0.15) is 11.5 Å². The highest BCUT2D eigenvalue weighted by Gasteiger charge is 2.18. The van der Waals surface area contributed by atoms with Gasteiger partial charge >= 0.3 is 0 Å². The molecule has 0 unspecified atom stereocenters. The molecule has 0 aromatic heterocycles. The molecule has 25 heavy (non-hydrogen) atoms. The molecule has 2 aromatic rings. The van der Waals surface area contributed by atoms with Crippen molar-refractivity contribution in [1.82, 2.24) is 0 Å². The Morgan fingerprint density at radius 1 is 1.04 bits per heavy atom. The lowest BCUT2D eigenvalue weighted by molar-refractivity contribution is -0.115. The summed E-state index contributed by atoms with van der Waals surface area (Å²) in [5.74, 6) is -1.49. The summed E-state index contributed by atoms with van der Waals surface area (Å²) in [6.45, 7) is 1.96. The van der Waals surface area contributed by atoms with E-state index < -0.39 is 29.1 Å². The molecule has 0 atom stereocenters. The zero-order valence-electron chi connectivity index (χ0n) is 13.6. The molecule has 0 saturated heterocycles. The number of nitrogens with one attached hydrogen (secondary N) is 2. The smallest absolute Gasteiger partial charge is 0.255 e. The molecular weight excluding hydrogens is 346 g/mol. The van der Waals surface area contributed by atoms with Crippen molar-refractivity contribution in [2.24, 2.45) is 0 Å². The first kappa shape index (κ1) is 18.9. The molecule has 0 aliphatic heterocycles. The Kier molecular flexibility index (Phi) is 6.94. The number of hydrogen-bond donors (Lipinski definition) is 2. The number of anilines is 2. The Balaban J connectivity index is 2.13. The van der Waals surface area contributed by atoms with Crippen LogP contribution in [0.4, 0.5) is 20.2 Å². The van der Waals surface area contributed by atoms with E-state index in [4.69, 9.17) is 0 Å². The first-order valence-corrected chi connectivity index (χ1v) is 8.90. The largest absolute Gasteiger partial charge is 0.321 e. The summed E-state index contributed by atoms with van der Waals surface area (Å²) in [7, 11) is 0. The summed E-state index contributed by atoms with van der Waals surface area (Å²) >= 11 is 1.56. The second-order valence-corrected chi connectivity index (χ2v) is 6.49. The molecular formula is C18H18F2N2O2S. The van der Waals surface area contributed by atoms with E-state index in [0.29, 0.717) is 11.3 Å². The van der Waals surface area contributed by atoms with Crippen molar-refractivity contribution in [2.75, 3.05) is 22.1 Å². The zero-order chi connectivity index (χ0) is 18.2. The van der Waals surface area contributed by atoms with E-state index in [1.54, 1.807) is 42.1 Å². The SMILES string of the molecule is CCSCCC(=O)Nc1c(F)ccc(NC(=O)c2ccccc2)c1F. The van der Waals surface area contributed by atoms with E-state index >= 15 is 0 Å². The van der Waals surface area contributed by atoms with Crippen LogP contribution in [-0.2, 0) is 4.79 Å². The Labute approximate surface area is 149 Å². The predicted octanol–water partition coefficient (Wildman–Crippen LogP) is 4.30. The maximum atomic E-state index is 14.5. The van der Waals surface area contributed by atoms with E-state index in [-0.39, 0.29) is 12.1 Å². The number of benzene rings is 2. The minimum Gasteiger partial charge on any atom is -0.321 e. The molecule has 0 aliphatic rings. The summed E-state index contributed by atoms with van der Waals surface area (Å²) in [4.78, 5) is 23.9. The van der Waals surface area contributed by atoms with Crippen molar-refractivity contribution >= 4 is 35.0 Å². The van der Waals surface area contributed by atoms with E-state index in [1.807, 2.05) is 6.92 Å². The standard InChI is InChI=1S/C18H18F2N2O2S/c1-2-25-11-10-15(23)22-17-13(19)8-9-14(16(17)20)21-18(24)12-6-4-3-5-7-12/h3-9H,2,10-11H2,1H3,(H,21,24)(H,22,23). The van der Waals surface area contributed by atoms with Crippen molar-refractivity contribution in [3.05, 3.63) is 59.7 Å². The maximum absolute atomic E-state index is 14.5. The number of halogens is 2. The Morgan fingerprint density at radius 3 is 2.44 bits per heavy atom. The molecule has 132 valence electrons. The summed E-state index contributed by atoms with van der Waals surface area (Å²) in [5, 5.41) is 4.62. The van der Waals surface area contributed by atoms with Crippen LogP contribution in [0.25, 0.3) is 0 Å². The van der Waals surface area contributed by atoms with Gasteiger partial charge in [-0.1, -0.05) is 25.1 Å². The fraction of sp³-hybridized carbons (Fsp3) is 0.222. The Hall–Kier alpha value is -2.41. The molecule has 0 radical (unpaired) electrons. The molecule has 0 spiro atoms. The fourth-order valence-electron chi connectivity index (χ4n) is 2.06. The summed E-state index contributed by atoms with van der Waals surface area (Å²) in [6, 6.07) is 10.4. The van der Waals surface area contributed by atoms with Gasteiger partial charge in [0.25, 0.3) is 5.91 Å². The molecule has 2 rings (SSSR count). The van der Waals surface area contributed by atoms with Crippen LogP contribution >= 0.6 is 11.8 Å². The normalized spacial score (nSPS) is 10.4. The third-order valence-corrected chi connectivity index (χ3v) is 4.22.